The fraction of sp³-hybridized carbons (Fsp3) is 0.278. The van der Waals surface area contributed by atoms with Gasteiger partial charge in [-0.15, -0.1) is 0 Å². The number of furan rings is 1. The summed E-state index contributed by atoms with van der Waals surface area (Å²) in [5.41, 5.74) is 0.215. The largest absolute Gasteiger partial charge is 0.450 e. The van der Waals surface area contributed by atoms with Gasteiger partial charge in [-0.05, 0) is 50.6 Å². The number of carbonyl (C=O) groups excluding carboxylic acids is 2. The highest BCUT2D eigenvalue weighted by Crippen LogP contribution is 2.27. The Balaban J connectivity index is 1.53. The monoisotopic (exact) mass is 370 g/mol. The minimum Gasteiger partial charge on any atom is -0.450 e. The van der Waals surface area contributed by atoms with E-state index in [0.717, 1.165) is 28.7 Å². The van der Waals surface area contributed by atoms with Crippen LogP contribution in [0.3, 0.4) is 0 Å². The molecule has 3 amide bonds. The van der Waals surface area contributed by atoms with E-state index >= 15 is 0 Å². The van der Waals surface area contributed by atoms with Crippen molar-refractivity contribution in [1.29, 1.82) is 0 Å². The van der Waals surface area contributed by atoms with Crippen LogP contribution in [0.5, 0.6) is 0 Å². The van der Waals surface area contributed by atoms with Crippen LogP contribution in [0.25, 0.3) is 18.2 Å². The number of nitrogens with one attached hydrogen (secondary N) is 2. The number of hydrogen-bond donors (Lipinski definition) is 2. The van der Waals surface area contributed by atoms with Gasteiger partial charge in [0.2, 0.25) is 0 Å². The molecule has 0 unspecified atom stereocenters. The third-order valence-corrected chi connectivity index (χ3v) is 4.91. The van der Waals surface area contributed by atoms with Gasteiger partial charge in [-0.25, -0.2) is 9.78 Å². The molecule has 2 aliphatic rings. The van der Waals surface area contributed by atoms with Gasteiger partial charge in [0, 0.05) is 12.1 Å². The van der Waals surface area contributed by atoms with Gasteiger partial charge in [0.05, 0.1) is 10.7 Å². The van der Waals surface area contributed by atoms with E-state index in [0.29, 0.717) is 10.9 Å². The first-order valence-corrected chi connectivity index (χ1v) is 9.23. The lowest BCUT2D eigenvalue weighted by molar-refractivity contribution is -0.123. The molecular formula is C18H18N4O3S. The van der Waals surface area contributed by atoms with Crippen LogP contribution in [0.15, 0.2) is 32.5 Å². The van der Waals surface area contributed by atoms with E-state index in [9.17, 15) is 9.59 Å². The smallest absolute Gasteiger partial charge is 0.329 e. The highest BCUT2D eigenvalue weighted by atomic mass is 32.2. The standard InChI is InChI=1S/C18H18N4O3S/c1-10(2)22-16(23)14(21-18(22)24)9-11-7-8-15(25-11)26-17-19-12-5-3-4-6-13(12)20-17/h5-10H,3-4H2,1-2H3,(H,19,20)(H,21,24)/b14-9-. The Morgan fingerprint density at radius 1 is 1.27 bits per heavy atom. The fourth-order valence-electron chi connectivity index (χ4n) is 2.91. The molecule has 1 fully saturated rings. The van der Waals surface area contributed by atoms with Crippen LogP contribution in [0.2, 0.25) is 0 Å². The minimum absolute atomic E-state index is 0.199. The predicted molar refractivity (Wildman–Crippen MR) is 97.3 cm³/mol. The molecule has 0 radical (unpaired) electrons. The summed E-state index contributed by atoms with van der Waals surface area (Å²) in [5.74, 6) is 0.150. The van der Waals surface area contributed by atoms with Crippen LogP contribution in [-0.2, 0) is 4.79 Å². The number of fused-ring (bicyclic) bond motifs is 1. The van der Waals surface area contributed by atoms with E-state index in [1.165, 1.54) is 16.7 Å². The summed E-state index contributed by atoms with van der Waals surface area (Å²) in [7, 11) is 0. The Kier molecular flexibility index (Phi) is 4.20. The van der Waals surface area contributed by atoms with E-state index in [4.69, 9.17) is 4.42 Å². The van der Waals surface area contributed by atoms with E-state index in [1.54, 1.807) is 26.0 Å². The average Bonchev–Trinajstić information content (AvgIpc) is 3.26. The van der Waals surface area contributed by atoms with Crippen molar-refractivity contribution in [1.82, 2.24) is 20.2 Å². The topological polar surface area (TPSA) is 91.2 Å². The number of aromatic nitrogens is 2. The molecule has 26 heavy (non-hydrogen) atoms. The molecule has 134 valence electrons. The molecule has 0 bridgehead atoms. The first-order chi connectivity index (χ1) is 12.5. The molecule has 2 aromatic rings. The van der Waals surface area contributed by atoms with Gasteiger partial charge in [-0.3, -0.25) is 9.69 Å². The van der Waals surface area contributed by atoms with Gasteiger partial charge in [-0.2, -0.15) is 0 Å². The summed E-state index contributed by atoms with van der Waals surface area (Å²) in [4.78, 5) is 33.1. The molecule has 2 aromatic heterocycles. The Morgan fingerprint density at radius 3 is 2.81 bits per heavy atom. The molecule has 1 aliphatic carbocycles. The lowest BCUT2D eigenvalue weighted by atomic mass is 10.2. The zero-order valence-electron chi connectivity index (χ0n) is 14.4. The quantitative estimate of drug-likeness (QED) is 0.633. The van der Waals surface area contributed by atoms with Crippen LogP contribution >= 0.6 is 11.8 Å². The van der Waals surface area contributed by atoms with E-state index in [-0.39, 0.29) is 17.6 Å². The highest BCUT2D eigenvalue weighted by Gasteiger charge is 2.35. The summed E-state index contributed by atoms with van der Waals surface area (Å²) in [5, 5.41) is 6.01. The summed E-state index contributed by atoms with van der Waals surface area (Å²) < 4.78 is 5.74. The number of H-pyrrole nitrogens is 1. The number of imide groups is 1. The van der Waals surface area contributed by atoms with Crippen LogP contribution < -0.4 is 16.0 Å². The number of carbonyl (C=O) groups is 2. The Hall–Kier alpha value is -2.74. The summed E-state index contributed by atoms with van der Waals surface area (Å²) in [6.07, 6.45) is 7.82. The molecule has 0 spiro atoms. The van der Waals surface area contributed by atoms with Crippen molar-refractivity contribution in [3.63, 3.8) is 0 Å². The van der Waals surface area contributed by atoms with E-state index in [2.05, 4.69) is 27.4 Å². The number of hydrogen-bond acceptors (Lipinski definition) is 5. The van der Waals surface area contributed by atoms with Crippen molar-refractivity contribution in [3.05, 3.63) is 34.3 Å². The molecule has 7 nitrogen and oxygen atoms in total. The van der Waals surface area contributed by atoms with Crippen molar-refractivity contribution < 1.29 is 14.0 Å². The zero-order chi connectivity index (χ0) is 18.3. The second kappa shape index (κ2) is 6.53. The predicted octanol–water partition coefficient (Wildman–Crippen LogP) is 1.81. The number of aromatic amines is 1. The van der Waals surface area contributed by atoms with Gasteiger partial charge in [0.1, 0.15) is 11.5 Å². The van der Waals surface area contributed by atoms with Crippen LogP contribution in [0.1, 0.15) is 32.4 Å². The van der Waals surface area contributed by atoms with E-state index < -0.39 is 6.03 Å². The molecular weight excluding hydrogens is 352 g/mol. The van der Waals surface area contributed by atoms with Crippen molar-refractivity contribution >= 4 is 41.9 Å². The Morgan fingerprint density at radius 2 is 2.08 bits per heavy atom. The first-order valence-electron chi connectivity index (χ1n) is 8.41. The molecule has 0 saturated carbocycles. The number of rotatable bonds is 4. The molecule has 4 rings (SSSR count). The summed E-state index contributed by atoms with van der Waals surface area (Å²) >= 11 is 1.38. The summed E-state index contributed by atoms with van der Waals surface area (Å²) in [6.45, 7) is 3.58. The van der Waals surface area contributed by atoms with Crippen LogP contribution in [0.4, 0.5) is 4.79 Å². The van der Waals surface area contributed by atoms with Crippen molar-refractivity contribution in [3.8, 4) is 0 Å². The normalized spacial score (nSPS) is 18.1. The van der Waals surface area contributed by atoms with Crippen LogP contribution in [-0.4, -0.2) is 32.8 Å². The minimum atomic E-state index is -0.411. The third kappa shape index (κ3) is 3.08. The maximum Gasteiger partial charge on any atom is 0.329 e. The Labute approximate surface area is 153 Å². The maximum atomic E-state index is 12.3. The van der Waals surface area contributed by atoms with Gasteiger partial charge >= 0.3 is 6.03 Å². The SMILES string of the molecule is CC(C)N1C(=O)N/C(=C\c2ccc(Sc3nc4c([nH]3)=CCCC=4)o2)C1=O. The van der Waals surface area contributed by atoms with E-state index in [1.807, 2.05) is 6.07 Å². The molecule has 2 N–H and O–H groups in total. The zero-order valence-corrected chi connectivity index (χ0v) is 15.2. The van der Waals surface area contributed by atoms with Crippen molar-refractivity contribution in [2.45, 2.75) is 43.0 Å². The van der Waals surface area contributed by atoms with Crippen molar-refractivity contribution in [2.75, 3.05) is 0 Å². The molecule has 1 aliphatic heterocycles. The molecule has 8 heteroatoms. The molecule has 3 heterocycles. The van der Waals surface area contributed by atoms with Gasteiger partial charge in [0.25, 0.3) is 5.91 Å². The highest BCUT2D eigenvalue weighted by molar-refractivity contribution is 7.99. The molecule has 0 aromatic carbocycles. The molecule has 0 atom stereocenters. The van der Waals surface area contributed by atoms with Gasteiger partial charge < -0.3 is 14.7 Å². The van der Waals surface area contributed by atoms with Crippen molar-refractivity contribution in [2.24, 2.45) is 0 Å². The summed E-state index contributed by atoms with van der Waals surface area (Å²) in [6, 6.07) is 2.96. The Bertz CT molecular complexity index is 998. The second-order valence-corrected chi connectivity index (χ2v) is 7.34. The number of urea groups is 1. The van der Waals surface area contributed by atoms with Crippen LogP contribution in [0, 0.1) is 0 Å². The lowest BCUT2D eigenvalue weighted by Gasteiger charge is -2.15. The average molecular weight is 370 g/mol. The third-order valence-electron chi connectivity index (χ3n) is 4.10. The fourth-order valence-corrected chi connectivity index (χ4v) is 3.68. The first kappa shape index (κ1) is 16.7. The molecule has 1 saturated heterocycles. The lowest BCUT2D eigenvalue weighted by Crippen LogP contribution is -2.36. The number of amides is 3. The number of nitrogens with zero attached hydrogens (tertiary/aromatic N) is 2. The van der Waals surface area contributed by atoms with Gasteiger partial charge in [-0.1, -0.05) is 12.2 Å². The number of imidazole rings is 1. The maximum absolute atomic E-state index is 12.3. The van der Waals surface area contributed by atoms with Gasteiger partial charge in [0.15, 0.2) is 10.2 Å². The second-order valence-electron chi connectivity index (χ2n) is 6.34.